The Bertz CT molecular complexity index is 358. The van der Waals surface area contributed by atoms with Gasteiger partial charge in [-0.1, -0.05) is 29.0 Å². The second-order valence-electron chi connectivity index (χ2n) is 4.58. The molecular weight excluding hydrogens is 312 g/mol. The van der Waals surface area contributed by atoms with Crippen LogP contribution in [0, 0.1) is 0 Å². The highest BCUT2D eigenvalue weighted by molar-refractivity contribution is 9.10. The normalized spacial score (nSPS) is 10.9. The first-order valence-corrected chi connectivity index (χ1v) is 10.1. The van der Waals surface area contributed by atoms with Gasteiger partial charge in [-0.05, 0) is 36.2 Å². The van der Waals surface area contributed by atoms with Gasteiger partial charge in [-0.2, -0.15) is 0 Å². The molecule has 0 aliphatic heterocycles. The fraction of sp³-hybridized carbons (Fsp3) is 0.538. The third-order valence-corrected chi connectivity index (χ3v) is 4.71. The number of hydrogen-bond donors (Lipinski definition) is 1. The van der Waals surface area contributed by atoms with Gasteiger partial charge in [0.1, 0.15) is 5.75 Å². The van der Waals surface area contributed by atoms with Gasteiger partial charge in [0.2, 0.25) is 0 Å². The van der Waals surface area contributed by atoms with Gasteiger partial charge in [0.05, 0.1) is 0 Å². The maximum atomic E-state index is 8.95. The summed E-state index contributed by atoms with van der Waals surface area (Å²) < 4.78 is 11.9. The summed E-state index contributed by atoms with van der Waals surface area (Å²) in [5.41, 5.74) is 1.05. The Balaban J connectivity index is 2.35. The van der Waals surface area contributed by atoms with E-state index in [1.807, 2.05) is 18.2 Å². The molecule has 0 aliphatic carbocycles. The van der Waals surface area contributed by atoms with Gasteiger partial charge in [-0.15, -0.1) is 0 Å². The van der Waals surface area contributed by atoms with E-state index in [0.717, 1.165) is 22.4 Å². The SMILES string of the molecule is C[SiH](C)CCOCOc1ccc(Br)c(CCO)c1. The number of halogens is 1. The van der Waals surface area contributed by atoms with E-state index in [4.69, 9.17) is 14.6 Å². The molecular formula is C13H21BrO3Si. The summed E-state index contributed by atoms with van der Waals surface area (Å²) in [6.07, 6.45) is 0.623. The highest BCUT2D eigenvalue weighted by Crippen LogP contribution is 2.23. The fourth-order valence-corrected chi connectivity index (χ4v) is 2.52. The average Bonchev–Trinajstić information content (AvgIpc) is 2.32. The third-order valence-electron chi connectivity index (χ3n) is 2.55. The lowest BCUT2D eigenvalue weighted by atomic mass is 10.1. The van der Waals surface area contributed by atoms with Crippen LogP contribution in [0.1, 0.15) is 5.56 Å². The maximum absolute atomic E-state index is 8.95. The van der Waals surface area contributed by atoms with Gasteiger partial charge >= 0.3 is 0 Å². The monoisotopic (exact) mass is 332 g/mol. The van der Waals surface area contributed by atoms with E-state index in [0.29, 0.717) is 13.2 Å². The molecule has 1 rings (SSSR count). The number of hydrogen-bond acceptors (Lipinski definition) is 3. The molecule has 1 N–H and O–H groups in total. The van der Waals surface area contributed by atoms with E-state index < -0.39 is 8.80 Å². The minimum atomic E-state index is -0.526. The van der Waals surface area contributed by atoms with Crippen LogP contribution in [0.15, 0.2) is 22.7 Å². The van der Waals surface area contributed by atoms with Crippen molar-refractivity contribution in [2.45, 2.75) is 25.6 Å². The third kappa shape index (κ3) is 6.00. The zero-order chi connectivity index (χ0) is 13.4. The van der Waals surface area contributed by atoms with E-state index in [1.165, 1.54) is 6.04 Å². The largest absolute Gasteiger partial charge is 0.468 e. The van der Waals surface area contributed by atoms with Crippen LogP contribution in [-0.2, 0) is 11.2 Å². The molecule has 0 saturated carbocycles. The predicted molar refractivity (Wildman–Crippen MR) is 80.1 cm³/mol. The number of ether oxygens (including phenoxy) is 2. The molecule has 0 fully saturated rings. The minimum absolute atomic E-state index is 0.136. The summed E-state index contributed by atoms with van der Waals surface area (Å²) in [5.74, 6) is 0.781. The van der Waals surface area contributed by atoms with E-state index >= 15 is 0 Å². The Labute approximate surface area is 119 Å². The van der Waals surface area contributed by atoms with Gasteiger partial charge in [0.15, 0.2) is 6.79 Å². The van der Waals surface area contributed by atoms with Crippen LogP contribution < -0.4 is 4.74 Å². The molecule has 0 spiro atoms. The van der Waals surface area contributed by atoms with Crippen LogP contribution in [0.5, 0.6) is 5.75 Å². The molecule has 0 unspecified atom stereocenters. The van der Waals surface area contributed by atoms with Crippen LogP contribution >= 0.6 is 15.9 Å². The summed E-state index contributed by atoms with van der Waals surface area (Å²) >= 11 is 3.45. The van der Waals surface area contributed by atoms with Crippen molar-refractivity contribution in [3.8, 4) is 5.75 Å². The zero-order valence-electron chi connectivity index (χ0n) is 11.0. The molecule has 3 nitrogen and oxygen atoms in total. The molecule has 0 aromatic heterocycles. The lowest BCUT2D eigenvalue weighted by molar-refractivity contribution is 0.0222. The van der Waals surface area contributed by atoms with Crippen LogP contribution in [0.2, 0.25) is 19.1 Å². The molecule has 0 saturated heterocycles. The first-order chi connectivity index (χ1) is 8.63. The molecule has 0 radical (unpaired) electrons. The Morgan fingerprint density at radius 2 is 2.11 bits per heavy atom. The van der Waals surface area contributed by atoms with Crippen molar-refractivity contribution < 1.29 is 14.6 Å². The standard InChI is InChI=1S/C13H21BrO3Si/c1-18(2)8-7-16-10-17-12-3-4-13(14)11(9-12)5-6-15/h3-4,9,15,18H,5-8,10H2,1-2H3. The molecule has 1 aromatic carbocycles. The van der Waals surface area contributed by atoms with Crippen LogP contribution in [0.4, 0.5) is 0 Å². The van der Waals surface area contributed by atoms with Crippen molar-refractivity contribution in [3.63, 3.8) is 0 Å². The van der Waals surface area contributed by atoms with E-state index in [2.05, 4.69) is 29.0 Å². The molecule has 18 heavy (non-hydrogen) atoms. The maximum Gasteiger partial charge on any atom is 0.189 e. The fourth-order valence-electron chi connectivity index (χ4n) is 1.44. The van der Waals surface area contributed by atoms with Crippen LogP contribution in [0.3, 0.4) is 0 Å². The Morgan fingerprint density at radius 1 is 1.33 bits per heavy atom. The topological polar surface area (TPSA) is 38.7 Å². The van der Waals surface area contributed by atoms with Crippen LogP contribution in [0.25, 0.3) is 0 Å². The summed E-state index contributed by atoms with van der Waals surface area (Å²) in [6, 6.07) is 6.94. The molecule has 0 amide bonds. The second-order valence-corrected chi connectivity index (χ2v) is 8.80. The number of rotatable bonds is 8. The van der Waals surface area contributed by atoms with Crippen molar-refractivity contribution in [2.75, 3.05) is 20.0 Å². The van der Waals surface area contributed by atoms with Crippen molar-refractivity contribution in [2.24, 2.45) is 0 Å². The zero-order valence-corrected chi connectivity index (χ0v) is 13.7. The van der Waals surface area contributed by atoms with Crippen molar-refractivity contribution in [3.05, 3.63) is 28.2 Å². The lowest BCUT2D eigenvalue weighted by Crippen LogP contribution is -2.09. The summed E-state index contributed by atoms with van der Waals surface area (Å²) in [7, 11) is -0.526. The van der Waals surface area contributed by atoms with Crippen molar-refractivity contribution in [1.82, 2.24) is 0 Å². The molecule has 102 valence electrons. The number of aliphatic hydroxyl groups excluding tert-OH is 1. The smallest absolute Gasteiger partial charge is 0.189 e. The second kappa shape index (κ2) is 8.69. The van der Waals surface area contributed by atoms with Crippen molar-refractivity contribution in [1.29, 1.82) is 0 Å². The summed E-state index contributed by atoms with van der Waals surface area (Å²) in [5, 5.41) is 8.95. The molecule has 0 aliphatic rings. The Hall–Kier alpha value is -0.363. The predicted octanol–water partition coefficient (Wildman–Crippen LogP) is 2.82. The van der Waals surface area contributed by atoms with Gasteiger partial charge < -0.3 is 14.6 Å². The van der Waals surface area contributed by atoms with Gasteiger partial charge in [0, 0.05) is 26.5 Å². The highest BCUT2D eigenvalue weighted by atomic mass is 79.9. The Morgan fingerprint density at radius 3 is 2.78 bits per heavy atom. The molecule has 0 bridgehead atoms. The lowest BCUT2D eigenvalue weighted by Gasteiger charge is -2.10. The molecule has 1 aromatic rings. The molecule has 0 atom stereocenters. The van der Waals surface area contributed by atoms with Crippen LogP contribution in [-0.4, -0.2) is 33.9 Å². The highest BCUT2D eigenvalue weighted by Gasteiger charge is 2.02. The average molecular weight is 333 g/mol. The van der Waals surface area contributed by atoms with Gasteiger partial charge in [-0.3, -0.25) is 0 Å². The Kier molecular flexibility index (Phi) is 7.58. The summed E-state index contributed by atoms with van der Waals surface area (Å²) in [6.45, 7) is 5.82. The molecule has 0 heterocycles. The van der Waals surface area contributed by atoms with E-state index in [9.17, 15) is 0 Å². The summed E-state index contributed by atoms with van der Waals surface area (Å²) in [4.78, 5) is 0. The van der Waals surface area contributed by atoms with Gasteiger partial charge in [-0.25, -0.2) is 0 Å². The first-order valence-electron chi connectivity index (χ1n) is 6.23. The molecule has 5 heteroatoms. The first kappa shape index (κ1) is 15.7. The number of aliphatic hydroxyl groups is 1. The van der Waals surface area contributed by atoms with E-state index in [-0.39, 0.29) is 6.61 Å². The minimum Gasteiger partial charge on any atom is -0.468 e. The van der Waals surface area contributed by atoms with Crippen molar-refractivity contribution >= 4 is 24.7 Å². The quantitative estimate of drug-likeness (QED) is 0.452. The number of benzene rings is 1. The van der Waals surface area contributed by atoms with Gasteiger partial charge in [0.25, 0.3) is 0 Å². The van der Waals surface area contributed by atoms with E-state index in [1.54, 1.807) is 0 Å².